The van der Waals surface area contributed by atoms with E-state index in [0.29, 0.717) is 28.7 Å². The lowest BCUT2D eigenvalue weighted by molar-refractivity contribution is 0.284. The van der Waals surface area contributed by atoms with Crippen molar-refractivity contribution in [3.05, 3.63) is 79.9 Å². The van der Waals surface area contributed by atoms with Crippen LogP contribution in [-0.2, 0) is 6.61 Å². The number of halogens is 1. The van der Waals surface area contributed by atoms with Gasteiger partial charge in [-0.1, -0.05) is 23.7 Å². The summed E-state index contributed by atoms with van der Waals surface area (Å²) >= 11 is 10.9. The summed E-state index contributed by atoms with van der Waals surface area (Å²) in [6.45, 7) is 0.377. The minimum Gasteiger partial charge on any atom is -0.493 e. The molecule has 27 heavy (non-hydrogen) atoms. The Morgan fingerprint density at radius 3 is 2.74 bits per heavy atom. The summed E-state index contributed by atoms with van der Waals surface area (Å²) in [5.74, 6) is 1.13. The van der Waals surface area contributed by atoms with E-state index in [2.05, 4.69) is 15.3 Å². The van der Waals surface area contributed by atoms with Crippen molar-refractivity contribution < 1.29 is 9.47 Å². The number of rotatable bonds is 6. The van der Waals surface area contributed by atoms with Crippen molar-refractivity contribution in [2.45, 2.75) is 6.61 Å². The van der Waals surface area contributed by atoms with Gasteiger partial charge in [0.25, 0.3) is 5.56 Å². The lowest BCUT2D eigenvalue weighted by atomic mass is 10.2. The maximum absolute atomic E-state index is 11.7. The van der Waals surface area contributed by atoms with Crippen LogP contribution >= 0.6 is 23.8 Å². The molecule has 0 aliphatic carbocycles. The van der Waals surface area contributed by atoms with E-state index in [1.54, 1.807) is 25.3 Å². The molecule has 0 spiro atoms. The van der Waals surface area contributed by atoms with Crippen LogP contribution in [0.25, 0.3) is 0 Å². The first-order valence-electron chi connectivity index (χ1n) is 7.83. The van der Waals surface area contributed by atoms with Crippen molar-refractivity contribution in [1.29, 1.82) is 0 Å². The topological polar surface area (TPSA) is 81.5 Å². The molecular weight excluding hydrogens is 388 g/mol. The molecule has 0 bridgehead atoms. The fourth-order valence-corrected chi connectivity index (χ4v) is 2.52. The zero-order valence-electron chi connectivity index (χ0n) is 14.3. The van der Waals surface area contributed by atoms with E-state index in [-0.39, 0.29) is 4.77 Å². The normalized spacial score (nSPS) is 10.9. The summed E-state index contributed by atoms with van der Waals surface area (Å²) in [6, 6.07) is 12.7. The summed E-state index contributed by atoms with van der Waals surface area (Å²) in [5.41, 5.74) is 1.27. The molecule has 2 aromatic carbocycles. The van der Waals surface area contributed by atoms with Gasteiger partial charge in [-0.3, -0.25) is 9.89 Å². The number of hydrogen-bond donors (Lipinski definition) is 1. The highest BCUT2D eigenvalue weighted by atomic mass is 35.5. The Balaban J connectivity index is 1.77. The Morgan fingerprint density at radius 1 is 1.26 bits per heavy atom. The maximum atomic E-state index is 11.7. The lowest BCUT2D eigenvalue weighted by Gasteiger charge is -2.11. The van der Waals surface area contributed by atoms with Gasteiger partial charge >= 0.3 is 0 Å². The van der Waals surface area contributed by atoms with Crippen LogP contribution < -0.4 is 15.0 Å². The maximum Gasteiger partial charge on any atom is 0.293 e. The van der Waals surface area contributed by atoms with E-state index in [9.17, 15) is 4.79 Å². The number of methoxy groups -OCH3 is 1. The third kappa shape index (κ3) is 4.81. The molecule has 138 valence electrons. The molecule has 0 aliphatic rings. The average molecular weight is 403 g/mol. The van der Waals surface area contributed by atoms with Crippen LogP contribution in [0.4, 0.5) is 0 Å². The van der Waals surface area contributed by atoms with E-state index in [1.165, 1.54) is 6.21 Å². The van der Waals surface area contributed by atoms with E-state index in [0.717, 1.165) is 16.4 Å². The predicted molar refractivity (Wildman–Crippen MR) is 105 cm³/mol. The predicted octanol–water partition coefficient (Wildman–Crippen LogP) is 3.42. The number of hydrogen-bond acceptors (Lipinski definition) is 6. The average Bonchev–Trinajstić information content (AvgIpc) is 2.67. The van der Waals surface area contributed by atoms with Gasteiger partial charge in [0.05, 0.1) is 13.3 Å². The smallest absolute Gasteiger partial charge is 0.293 e. The van der Waals surface area contributed by atoms with Gasteiger partial charge in [-0.15, -0.1) is 0 Å². The molecule has 0 saturated heterocycles. The Hall–Kier alpha value is -2.97. The number of aromatic nitrogens is 3. The molecule has 1 aromatic heterocycles. The second-order valence-corrected chi connectivity index (χ2v) is 6.22. The number of H-pyrrole nitrogens is 1. The fraction of sp³-hybridized carbons (Fsp3) is 0.111. The van der Waals surface area contributed by atoms with Crippen molar-refractivity contribution >= 4 is 30.0 Å². The van der Waals surface area contributed by atoms with Gasteiger partial charge in [-0.05, 0) is 53.7 Å². The minimum absolute atomic E-state index is 0.105. The molecule has 3 aromatic rings. The van der Waals surface area contributed by atoms with Crippen LogP contribution in [-0.4, -0.2) is 28.2 Å². The SMILES string of the molecule is COc1cc(/C=N/n2c(=O)cn[nH]c2=S)ccc1OCc1ccc(Cl)cc1. The first-order chi connectivity index (χ1) is 13.1. The van der Waals surface area contributed by atoms with Crippen LogP contribution in [0.15, 0.2) is 58.6 Å². The molecule has 3 rings (SSSR count). The highest BCUT2D eigenvalue weighted by Crippen LogP contribution is 2.28. The van der Waals surface area contributed by atoms with E-state index >= 15 is 0 Å². The van der Waals surface area contributed by atoms with Gasteiger partial charge < -0.3 is 9.47 Å². The summed E-state index contributed by atoms with van der Waals surface area (Å²) in [4.78, 5) is 11.7. The van der Waals surface area contributed by atoms with Crippen molar-refractivity contribution in [2.24, 2.45) is 5.10 Å². The van der Waals surface area contributed by atoms with Crippen LogP contribution in [0, 0.1) is 4.77 Å². The zero-order valence-corrected chi connectivity index (χ0v) is 15.8. The highest BCUT2D eigenvalue weighted by Gasteiger charge is 2.06. The Morgan fingerprint density at radius 2 is 2.04 bits per heavy atom. The van der Waals surface area contributed by atoms with Crippen LogP contribution in [0.3, 0.4) is 0 Å². The molecule has 0 atom stereocenters. The monoisotopic (exact) mass is 402 g/mol. The van der Waals surface area contributed by atoms with E-state index in [1.807, 2.05) is 24.3 Å². The van der Waals surface area contributed by atoms with Gasteiger partial charge in [0.1, 0.15) is 12.8 Å². The van der Waals surface area contributed by atoms with Gasteiger partial charge in [0.2, 0.25) is 4.77 Å². The summed E-state index contributed by atoms with van der Waals surface area (Å²) < 4.78 is 12.3. The van der Waals surface area contributed by atoms with Crippen molar-refractivity contribution in [3.63, 3.8) is 0 Å². The summed E-state index contributed by atoms with van der Waals surface area (Å²) in [5, 5.41) is 10.9. The van der Waals surface area contributed by atoms with Gasteiger partial charge in [0, 0.05) is 5.02 Å². The summed E-state index contributed by atoms with van der Waals surface area (Å²) in [6.07, 6.45) is 2.60. The first kappa shape index (κ1) is 18.8. The minimum atomic E-state index is -0.426. The molecule has 0 aliphatic heterocycles. The number of ether oxygens (including phenoxy) is 2. The van der Waals surface area contributed by atoms with Crippen LogP contribution in [0.1, 0.15) is 11.1 Å². The molecule has 1 N–H and O–H groups in total. The third-order valence-electron chi connectivity index (χ3n) is 3.55. The zero-order chi connectivity index (χ0) is 19.2. The quantitative estimate of drug-likeness (QED) is 0.504. The molecule has 0 amide bonds. The molecule has 7 nitrogen and oxygen atoms in total. The largest absolute Gasteiger partial charge is 0.493 e. The van der Waals surface area contributed by atoms with E-state index < -0.39 is 5.56 Å². The molecule has 0 radical (unpaired) electrons. The molecule has 0 fully saturated rings. The van der Waals surface area contributed by atoms with E-state index in [4.69, 9.17) is 33.3 Å². The van der Waals surface area contributed by atoms with Crippen molar-refractivity contribution in [2.75, 3.05) is 7.11 Å². The molecule has 1 heterocycles. The Bertz CT molecular complexity index is 1050. The van der Waals surface area contributed by atoms with Crippen molar-refractivity contribution in [1.82, 2.24) is 14.9 Å². The molecule has 0 saturated carbocycles. The Labute approximate surface area is 164 Å². The Kier molecular flexibility index (Phi) is 6.00. The number of nitrogens with zero attached hydrogens (tertiary/aromatic N) is 3. The number of nitrogens with one attached hydrogen (secondary N) is 1. The first-order valence-corrected chi connectivity index (χ1v) is 8.62. The molecular formula is C18H15ClN4O3S. The number of benzene rings is 2. The second-order valence-electron chi connectivity index (χ2n) is 5.40. The van der Waals surface area contributed by atoms with Gasteiger partial charge in [0.15, 0.2) is 11.5 Å². The summed E-state index contributed by atoms with van der Waals surface area (Å²) in [7, 11) is 1.55. The standard InChI is InChI=1S/C18H15ClN4O3S/c1-25-16-8-13(9-21-23-17(24)10-20-22-18(23)27)4-7-15(16)26-11-12-2-5-14(19)6-3-12/h2-10H,11H2,1H3,(H,22,27)/b21-9+. The van der Waals surface area contributed by atoms with Crippen LogP contribution in [0.2, 0.25) is 5.02 Å². The highest BCUT2D eigenvalue weighted by molar-refractivity contribution is 7.71. The second kappa shape index (κ2) is 8.61. The third-order valence-corrected chi connectivity index (χ3v) is 4.07. The van der Waals surface area contributed by atoms with Gasteiger partial charge in [-0.2, -0.15) is 14.9 Å². The fourth-order valence-electron chi connectivity index (χ4n) is 2.20. The molecule has 0 unspecified atom stereocenters. The molecule has 9 heteroatoms. The number of aromatic amines is 1. The van der Waals surface area contributed by atoms with Crippen LogP contribution in [0.5, 0.6) is 11.5 Å². The van der Waals surface area contributed by atoms with Gasteiger partial charge in [-0.25, -0.2) is 0 Å². The van der Waals surface area contributed by atoms with Crippen molar-refractivity contribution in [3.8, 4) is 11.5 Å². The lowest BCUT2D eigenvalue weighted by Crippen LogP contribution is -2.18.